The average molecular weight is 120 g/mol. The van der Waals surface area contributed by atoms with Crippen LogP contribution in [0.15, 0.2) is 0 Å². The van der Waals surface area contributed by atoms with E-state index in [0.717, 1.165) is 0 Å². The second-order valence-electron chi connectivity index (χ2n) is 1.09. The van der Waals surface area contributed by atoms with Crippen LogP contribution >= 0.6 is 0 Å². The van der Waals surface area contributed by atoms with Crippen molar-refractivity contribution in [2.45, 2.75) is 20.0 Å². The molecule has 0 bridgehead atoms. The second-order valence-corrected chi connectivity index (χ2v) is 1.09. The van der Waals surface area contributed by atoms with E-state index in [1.807, 2.05) is 0 Å². The zero-order chi connectivity index (χ0) is 3.58. The zero-order valence-corrected chi connectivity index (χ0v) is 3.43. The van der Waals surface area contributed by atoms with Gasteiger partial charge in [0.15, 0.2) is 0 Å². The summed E-state index contributed by atoms with van der Waals surface area (Å²) >= 11 is 0. The van der Waals surface area contributed by atoms with Crippen molar-refractivity contribution >= 4 is 51.4 Å². The molecule has 0 spiro atoms. The van der Waals surface area contributed by atoms with E-state index < -0.39 is 0 Å². The van der Waals surface area contributed by atoms with Gasteiger partial charge < -0.3 is 5.11 Å². The molecule has 0 heterocycles. The predicted molar refractivity (Wildman–Crippen MR) is 27.0 cm³/mol. The Morgan fingerprint density at radius 3 is 1.33 bits per heavy atom. The van der Waals surface area contributed by atoms with Crippen molar-refractivity contribution in [2.24, 2.45) is 0 Å². The van der Waals surface area contributed by atoms with E-state index in [0.29, 0.717) is 0 Å². The van der Waals surface area contributed by atoms with Gasteiger partial charge in [-0.3, -0.25) is 4.70 Å². The van der Waals surface area contributed by atoms with Gasteiger partial charge in [0.25, 0.3) is 0 Å². The first-order valence-electron chi connectivity index (χ1n) is 1.41. The third-order valence-corrected chi connectivity index (χ3v) is 0. The van der Waals surface area contributed by atoms with Crippen molar-refractivity contribution in [1.82, 2.24) is 0 Å². The quantitative estimate of drug-likeness (QED) is 0.442. The van der Waals surface area contributed by atoms with Crippen LogP contribution in [0.2, 0.25) is 0 Å². The predicted octanol–water partition coefficient (Wildman–Crippen LogP) is -0.109. The fourth-order valence-electron chi connectivity index (χ4n) is 0. The third kappa shape index (κ3) is 48.6. The first-order valence-corrected chi connectivity index (χ1v) is 1.41. The van der Waals surface area contributed by atoms with Crippen LogP contribution in [0.25, 0.3) is 0 Å². The summed E-state index contributed by atoms with van der Waals surface area (Å²) in [4.78, 5) is 0. The van der Waals surface area contributed by atoms with E-state index in [2.05, 4.69) is 0 Å². The fourth-order valence-corrected chi connectivity index (χ4v) is 0. The summed E-state index contributed by atoms with van der Waals surface area (Å²) in [6.07, 6.45) is -0.167. The molecule has 0 aromatic carbocycles. The molecule has 0 aliphatic heterocycles. The average Bonchev–Trinajstić information content (AvgIpc) is 0.811. The molecule has 0 radical (unpaired) electrons. The molecule has 6 heavy (non-hydrogen) atoms. The first-order chi connectivity index (χ1) is 1.73. The van der Waals surface area contributed by atoms with Crippen LogP contribution in [0, 0.1) is 0 Å². The Hall–Kier alpha value is 1.53. The van der Waals surface area contributed by atoms with Crippen LogP contribution in [-0.4, -0.2) is 62.6 Å². The van der Waals surface area contributed by atoms with Crippen molar-refractivity contribution in [3.8, 4) is 0 Å². The molecule has 0 aliphatic rings. The maximum atomic E-state index is 8.06. The van der Waals surface area contributed by atoms with Crippen LogP contribution in [0.4, 0.5) is 4.70 Å². The SMILES string of the molecule is CC(C)O.F.[KH]. The summed E-state index contributed by atoms with van der Waals surface area (Å²) in [6, 6.07) is 0. The van der Waals surface area contributed by atoms with Gasteiger partial charge in [0.05, 0.1) is 0 Å². The Labute approximate surface area is 79.9 Å². The van der Waals surface area contributed by atoms with Crippen LogP contribution in [-0.2, 0) is 0 Å². The molecule has 1 nitrogen and oxygen atoms in total. The molecule has 36 valence electrons. The van der Waals surface area contributed by atoms with E-state index in [4.69, 9.17) is 5.11 Å². The van der Waals surface area contributed by atoms with Gasteiger partial charge in [0.2, 0.25) is 0 Å². The monoisotopic (exact) mass is 120 g/mol. The Morgan fingerprint density at radius 1 is 1.33 bits per heavy atom. The molecule has 0 aliphatic carbocycles. The molecule has 0 amide bonds. The van der Waals surface area contributed by atoms with E-state index >= 15 is 0 Å². The number of halogens is 1. The molecule has 0 fully saturated rings. The molecule has 0 atom stereocenters. The summed E-state index contributed by atoms with van der Waals surface area (Å²) in [7, 11) is 0. The Morgan fingerprint density at radius 2 is 1.33 bits per heavy atom. The van der Waals surface area contributed by atoms with E-state index in [-0.39, 0.29) is 62.2 Å². The maximum absolute atomic E-state index is 8.06. The van der Waals surface area contributed by atoms with E-state index in [9.17, 15) is 0 Å². The van der Waals surface area contributed by atoms with E-state index in [1.54, 1.807) is 13.8 Å². The molecular formula is C3H10FKO. The van der Waals surface area contributed by atoms with Gasteiger partial charge in [-0.2, -0.15) is 0 Å². The molecule has 0 unspecified atom stereocenters. The van der Waals surface area contributed by atoms with Gasteiger partial charge in [-0.1, -0.05) is 0 Å². The van der Waals surface area contributed by atoms with Crippen LogP contribution < -0.4 is 0 Å². The number of aliphatic hydroxyl groups is 1. The van der Waals surface area contributed by atoms with Gasteiger partial charge in [0.1, 0.15) is 0 Å². The Balaban J connectivity index is -0.0000000450. The van der Waals surface area contributed by atoms with Gasteiger partial charge >= 0.3 is 51.4 Å². The number of hydrogen-bond donors (Lipinski definition) is 1. The van der Waals surface area contributed by atoms with Crippen LogP contribution in [0.3, 0.4) is 0 Å². The second kappa shape index (κ2) is 9.73. The molecule has 0 aromatic heterocycles. The van der Waals surface area contributed by atoms with Crippen molar-refractivity contribution in [2.75, 3.05) is 0 Å². The Bertz CT molecular complexity index is 15.5. The van der Waals surface area contributed by atoms with Crippen LogP contribution in [0.1, 0.15) is 13.8 Å². The fraction of sp³-hybridized carbons (Fsp3) is 1.00. The van der Waals surface area contributed by atoms with Gasteiger partial charge in [-0.25, -0.2) is 0 Å². The van der Waals surface area contributed by atoms with Gasteiger partial charge in [-0.15, -0.1) is 0 Å². The first kappa shape index (κ1) is 15.6. The molecule has 3 heteroatoms. The minimum absolute atomic E-state index is 0. The van der Waals surface area contributed by atoms with Crippen molar-refractivity contribution in [3.63, 3.8) is 0 Å². The van der Waals surface area contributed by atoms with Crippen LogP contribution in [0.5, 0.6) is 0 Å². The molecular weight excluding hydrogens is 110 g/mol. The molecule has 0 saturated carbocycles. The number of rotatable bonds is 0. The van der Waals surface area contributed by atoms with Crippen molar-refractivity contribution < 1.29 is 9.81 Å². The summed E-state index contributed by atoms with van der Waals surface area (Å²) in [5, 5.41) is 8.06. The summed E-state index contributed by atoms with van der Waals surface area (Å²) in [5.74, 6) is 0. The summed E-state index contributed by atoms with van der Waals surface area (Å²) in [6.45, 7) is 3.44. The van der Waals surface area contributed by atoms with Gasteiger partial charge in [-0.05, 0) is 13.8 Å². The molecule has 1 N–H and O–H groups in total. The van der Waals surface area contributed by atoms with E-state index in [1.165, 1.54) is 0 Å². The standard InChI is InChI=1S/C3H8O.FH.K.H/c1-3(2)4;;;/h3-4H,1-2H3;1H;;. The summed E-state index contributed by atoms with van der Waals surface area (Å²) in [5.41, 5.74) is 0. The topological polar surface area (TPSA) is 20.2 Å². The van der Waals surface area contributed by atoms with Gasteiger partial charge in [0, 0.05) is 6.10 Å². The molecule has 0 rings (SSSR count). The van der Waals surface area contributed by atoms with Crippen molar-refractivity contribution in [3.05, 3.63) is 0 Å². The third-order valence-electron chi connectivity index (χ3n) is 0. The minimum atomic E-state index is -0.167. The molecule has 0 saturated heterocycles. The normalized spacial score (nSPS) is 6.00. The zero-order valence-electron chi connectivity index (χ0n) is 3.43. The number of hydrogen-bond acceptors (Lipinski definition) is 1. The molecule has 0 aromatic rings. The Kier molecular flexibility index (Phi) is 25.4. The summed E-state index contributed by atoms with van der Waals surface area (Å²) < 4.78 is 0. The van der Waals surface area contributed by atoms with Crippen molar-refractivity contribution in [1.29, 1.82) is 0 Å². The number of aliphatic hydroxyl groups excluding tert-OH is 1.